The molecule has 130 valence electrons. The average Bonchev–Trinajstić information content (AvgIpc) is 3.27. The Morgan fingerprint density at radius 3 is 2.88 bits per heavy atom. The van der Waals surface area contributed by atoms with Crippen molar-refractivity contribution in [2.45, 2.75) is 49.4 Å². The van der Waals surface area contributed by atoms with Gasteiger partial charge < -0.3 is 4.98 Å². The van der Waals surface area contributed by atoms with Crippen molar-refractivity contribution in [3.63, 3.8) is 0 Å². The lowest BCUT2D eigenvalue weighted by molar-refractivity contribution is 0.531. The maximum absolute atomic E-state index is 12.2. The third-order valence-corrected chi connectivity index (χ3v) is 5.74. The van der Waals surface area contributed by atoms with Gasteiger partial charge >= 0.3 is 0 Å². The summed E-state index contributed by atoms with van der Waals surface area (Å²) in [7, 11) is 0. The van der Waals surface area contributed by atoms with E-state index in [1.165, 1.54) is 37.4 Å². The predicted octanol–water partition coefficient (Wildman–Crippen LogP) is 3.63. The van der Waals surface area contributed by atoms with Gasteiger partial charge in [0.1, 0.15) is 11.6 Å². The summed E-state index contributed by atoms with van der Waals surface area (Å²) in [5, 5.41) is 8.65. The van der Waals surface area contributed by atoms with Crippen molar-refractivity contribution in [2.75, 3.05) is 0 Å². The number of aromatic nitrogens is 5. The summed E-state index contributed by atoms with van der Waals surface area (Å²) < 4.78 is 0. The summed E-state index contributed by atoms with van der Waals surface area (Å²) in [5.74, 6) is 2.35. The van der Waals surface area contributed by atoms with Crippen molar-refractivity contribution in [1.29, 1.82) is 0 Å². The molecule has 7 heteroatoms. The van der Waals surface area contributed by atoms with Gasteiger partial charge in [-0.25, -0.2) is 9.97 Å². The highest BCUT2D eigenvalue weighted by Gasteiger charge is 2.19. The van der Waals surface area contributed by atoms with Crippen LogP contribution < -0.4 is 5.56 Å². The molecule has 2 N–H and O–H groups in total. The highest BCUT2D eigenvalue weighted by Crippen LogP contribution is 2.32. The van der Waals surface area contributed by atoms with Crippen molar-refractivity contribution < 1.29 is 0 Å². The molecule has 4 rings (SSSR count). The van der Waals surface area contributed by atoms with Crippen molar-refractivity contribution >= 4 is 22.7 Å². The topological polar surface area (TPSA) is 87.3 Å². The first-order valence-corrected chi connectivity index (χ1v) is 9.64. The maximum atomic E-state index is 12.2. The molecular formula is C18H21N5OS. The lowest BCUT2D eigenvalue weighted by atomic mass is 10.0. The van der Waals surface area contributed by atoms with Crippen molar-refractivity contribution in [3.8, 4) is 0 Å². The Balaban J connectivity index is 1.49. The second-order valence-electron chi connectivity index (χ2n) is 6.65. The number of H-pyrrole nitrogens is 2. The van der Waals surface area contributed by atoms with Crippen LogP contribution in [0, 0.1) is 5.92 Å². The van der Waals surface area contributed by atoms with Crippen LogP contribution in [0.25, 0.3) is 10.9 Å². The van der Waals surface area contributed by atoms with Crippen molar-refractivity contribution in [3.05, 3.63) is 46.3 Å². The van der Waals surface area contributed by atoms with Gasteiger partial charge in [-0.3, -0.25) is 9.89 Å². The molecule has 1 fully saturated rings. The van der Waals surface area contributed by atoms with E-state index in [4.69, 9.17) is 0 Å². The molecule has 1 aliphatic carbocycles. The zero-order valence-corrected chi connectivity index (χ0v) is 15.0. The molecule has 25 heavy (non-hydrogen) atoms. The van der Waals surface area contributed by atoms with Gasteiger partial charge in [0.05, 0.1) is 16.2 Å². The minimum Gasteiger partial charge on any atom is -0.309 e. The average molecular weight is 355 g/mol. The molecular weight excluding hydrogens is 334 g/mol. The fourth-order valence-corrected chi connectivity index (χ4v) is 4.22. The molecule has 1 aromatic carbocycles. The van der Waals surface area contributed by atoms with Gasteiger partial charge in [-0.05, 0) is 25.0 Å². The van der Waals surface area contributed by atoms with E-state index in [0.29, 0.717) is 21.9 Å². The monoisotopic (exact) mass is 355 g/mol. The number of aromatic amines is 2. The number of hydrogen-bond donors (Lipinski definition) is 2. The lowest BCUT2D eigenvalue weighted by Crippen LogP contribution is -2.12. The van der Waals surface area contributed by atoms with Gasteiger partial charge in [0.15, 0.2) is 0 Å². The Kier molecular flexibility index (Phi) is 4.57. The first-order valence-electron chi connectivity index (χ1n) is 8.76. The van der Waals surface area contributed by atoms with Crippen LogP contribution in [-0.2, 0) is 6.42 Å². The zero-order valence-electron chi connectivity index (χ0n) is 14.2. The molecule has 3 aromatic rings. The first-order chi connectivity index (χ1) is 12.2. The SMILES string of the molecule is C[C@@H](Sc1n[nH]c(CC2CCCC2)n1)c1nc2ccccc2c(=O)[nH]1. The third-order valence-electron chi connectivity index (χ3n) is 4.77. The van der Waals surface area contributed by atoms with Crippen LogP contribution in [-0.4, -0.2) is 25.1 Å². The van der Waals surface area contributed by atoms with E-state index in [-0.39, 0.29) is 10.8 Å². The number of rotatable bonds is 5. The predicted molar refractivity (Wildman–Crippen MR) is 98.7 cm³/mol. The highest BCUT2D eigenvalue weighted by atomic mass is 32.2. The van der Waals surface area contributed by atoms with Crippen LogP contribution >= 0.6 is 11.8 Å². The summed E-state index contributed by atoms with van der Waals surface area (Å²) in [6.45, 7) is 2.00. The Hall–Kier alpha value is -2.15. The molecule has 2 heterocycles. The van der Waals surface area contributed by atoms with Crippen LogP contribution in [0.15, 0.2) is 34.2 Å². The molecule has 2 aromatic heterocycles. The van der Waals surface area contributed by atoms with Crippen LogP contribution in [0.2, 0.25) is 0 Å². The number of nitrogens with one attached hydrogen (secondary N) is 2. The molecule has 1 saturated carbocycles. The molecule has 1 aliphatic rings. The number of hydrogen-bond acceptors (Lipinski definition) is 5. The van der Waals surface area contributed by atoms with E-state index in [9.17, 15) is 4.79 Å². The van der Waals surface area contributed by atoms with Gasteiger partial charge in [-0.15, -0.1) is 5.10 Å². The molecule has 0 bridgehead atoms. The van der Waals surface area contributed by atoms with Crippen LogP contribution in [0.3, 0.4) is 0 Å². The number of fused-ring (bicyclic) bond motifs is 1. The summed E-state index contributed by atoms with van der Waals surface area (Å²) in [5.41, 5.74) is 0.607. The van der Waals surface area contributed by atoms with Crippen LogP contribution in [0.1, 0.15) is 49.5 Å². The lowest BCUT2D eigenvalue weighted by Gasteiger charge is -2.08. The quantitative estimate of drug-likeness (QED) is 0.683. The summed E-state index contributed by atoms with van der Waals surface area (Å²) in [6.07, 6.45) is 6.23. The Morgan fingerprint density at radius 1 is 1.24 bits per heavy atom. The van der Waals surface area contributed by atoms with E-state index >= 15 is 0 Å². The molecule has 0 aliphatic heterocycles. The number of thioether (sulfide) groups is 1. The molecule has 1 atom stereocenters. The normalized spacial score (nSPS) is 16.5. The fourth-order valence-electron chi connectivity index (χ4n) is 3.42. The number of nitrogens with zero attached hydrogens (tertiary/aromatic N) is 3. The van der Waals surface area contributed by atoms with Gasteiger partial charge in [-0.2, -0.15) is 0 Å². The first kappa shape index (κ1) is 16.3. The van der Waals surface area contributed by atoms with Crippen LogP contribution in [0.5, 0.6) is 0 Å². The van der Waals surface area contributed by atoms with Gasteiger partial charge in [0.25, 0.3) is 5.56 Å². The summed E-state index contributed by atoms with van der Waals surface area (Å²) >= 11 is 1.51. The van der Waals surface area contributed by atoms with E-state index in [1.807, 2.05) is 25.1 Å². The van der Waals surface area contributed by atoms with Gasteiger partial charge in [0.2, 0.25) is 5.16 Å². The van der Waals surface area contributed by atoms with Crippen molar-refractivity contribution in [1.82, 2.24) is 25.1 Å². The van der Waals surface area contributed by atoms with Gasteiger partial charge in [0, 0.05) is 6.42 Å². The Labute approximate surface area is 149 Å². The third kappa shape index (κ3) is 3.61. The minimum absolute atomic E-state index is 0.0348. The van der Waals surface area contributed by atoms with E-state index in [0.717, 1.165) is 18.2 Å². The molecule has 6 nitrogen and oxygen atoms in total. The molecule has 0 radical (unpaired) electrons. The molecule has 0 amide bonds. The zero-order chi connectivity index (χ0) is 17.2. The Bertz CT molecular complexity index is 928. The minimum atomic E-state index is -0.107. The van der Waals surface area contributed by atoms with Crippen LogP contribution in [0.4, 0.5) is 0 Å². The second kappa shape index (κ2) is 7.00. The largest absolute Gasteiger partial charge is 0.309 e. The maximum Gasteiger partial charge on any atom is 0.258 e. The highest BCUT2D eigenvalue weighted by molar-refractivity contribution is 7.99. The molecule has 0 unspecified atom stereocenters. The van der Waals surface area contributed by atoms with E-state index in [2.05, 4.69) is 25.1 Å². The van der Waals surface area contributed by atoms with Gasteiger partial charge in [-0.1, -0.05) is 49.6 Å². The number of para-hydroxylation sites is 1. The van der Waals surface area contributed by atoms with E-state index < -0.39 is 0 Å². The number of benzene rings is 1. The van der Waals surface area contributed by atoms with E-state index in [1.54, 1.807) is 6.07 Å². The summed E-state index contributed by atoms with van der Waals surface area (Å²) in [6, 6.07) is 7.38. The smallest absolute Gasteiger partial charge is 0.258 e. The second-order valence-corrected chi connectivity index (χ2v) is 7.96. The molecule has 0 spiro atoms. The Morgan fingerprint density at radius 2 is 2.04 bits per heavy atom. The summed E-state index contributed by atoms with van der Waals surface area (Å²) in [4.78, 5) is 24.3. The molecule has 0 saturated heterocycles. The standard InChI is InChI=1S/C18H21N5OS/c1-11(16-19-14-9-5-4-8-13(14)17(24)21-16)25-18-20-15(22-23-18)10-12-6-2-3-7-12/h4-5,8-9,11-12H,2-3,6-7,10H2,1H3,(H,19,21,24)(H,20,22,23)/t11-/m1/s1. The van der Waals surface area contributed by atoms with Crippen molar-refractivity contribution in [2.24, 2.45) is 5.92 Å². The fraction of sp³-hybridized carbons (Fsp3) is 0.444.